The van der Waals surface area contributed by atoms with E-state index in [0.717, 1.165) is 10.2 Å². The van der Waals surface area contributed by atoms with Crippen LogP contribution in [0.5, 0.6) is 0 Å². The number of hydrogen-bond acceptors (Lipinski definition) is 7. The van der Waals surface area contributed by atoms with Crippen LogP contribution in [0.25, 0.3) is 11.2 Å². The highest BCUT2D eigenvalue weighted by molar-refractivity contribution is 9.10. The Balaban J connectivity index is 2.05. The van der Waals surface area contributed by atoms with Gasteiger partial charge >= 0.3 is 0 Å². The molecule has 0 aliphatic rings. The number of benzene rings is 1. The molecule has 0 fully saturated rings. The van der Waals surface area contributed by atoms with Crippen molar-refractivity contribution in [3.63, 3.8) is 0 Å². The predicted octanol–water partition coefficient (Wildman–Crippen LogP) is 3.74. The third kappa shape index (κ3) is 4.36. The van der Waals surface area contributed by atoms with E-state index in [1.54, 1.807) is 4.68 Å². The van der Waals surface area contributed by atoms with Crippen molar-refractivity contribution in [2.75, 3.05) is 17.2 Å². The fourth-order valence-corrected chi connectivity index (χ4v) is 2.85. The topological polar surface area (TPSA) is 101 Å². The smallest absolute Gasteiger partial charge is 0.227 e. The Bertz CT molecular complexity index is 908. The van der Waals surface area contributed by atoms with E-state index in [2.05, 4.69) is 46.8 Å². The Morgan fingerprint density at radius 3 is 2.41 bits per heavy atom. The Labute approximate surface area is 166 Å². The van der Waals surface area contributed by atoms with Gasteiger partial charge in [-0.05, 0) is 44.0 Å². The minimum absolute atomic E-state index is 0.00374. The van der Waals surface area contributed by atoms with Gasteiger partial charge in [-0.25, -0.2) is 4.68 Å². The average molecular weight is 434 g/mol. The van der Waals surface area contributed by atoms with E-state index in [1.165, 1.54) is 0 Å². The molecule has 9 heteroatoms. The molecule has 0 saturated heterocycles. The van der Waals surface area contributed by atoms with Crippen LogP contribution in [0.1, 0.15) is 33.7 Å². The standard InChI is InChI=1S/C18H24BrN7O/c1-10(2)14(9-27)21-18-22-16(20-13-7-5-12(19)6-8-13)15-17(23-18)26(11(3)4)25-24-15/h5-8,10-11,14,27H,9H2,1-4H3,(H2,20,21,22,23)/t14-/m0/s1. The number of halogens is 1. The van der Waals surface area contributed by atoms with Crippen LogP contribution in [0.4, 0.5) is 17.5 Å². The zero-order valence-corrected chi connectivity index (χ0v) is 17.4. The van der Waals surface area contributed by atoms with Crippen molar-refractivity contribution in [1.29, 1.82) is 0 Å². The second-order valence-electron chi connectivity index (χ2n) is 7.01. The molecule has 2 aromatic heterocycles. The molecule has 0 unspecified atom stereocenters. The van der Waals surface area contributed by atoms with Crippen molar-refractivity contribution < 1.29 is 5.11 Å². The summed E-state index contributed by atoms with van der Waals surface area (Å²) >= 11 is 3.44. The molecule has 0 aliphatic heterocycles. The Morgan fingerprint density at radius 2 is 1.81 bits per heavy atom. The van der Waals surface area contributed by atoms with Crippen LogP contribution < -0.4 is 10.6 Å². The lowest BCUT2D eigenvalue weighted by Gasteiger charge is -2.20. The number of nitrogens with zero attached hydrogens (tertiary/aromatic N) is 5. The van der Waals surface area contributed by atoms with Crippen LogP contribution in [0.2, 0.25) is 0 Å². The molecule has 1 aromatic carbocycles. The van der Waals surface area contributed by atoms with Gasteiger partial charge in [-0.15, -0.1) is 5.10 Å². The Morgan fingerprint density at radius 1 is 1.11 bits per heavy atom. The first-order valence-corrected chi connectivity index (χ1v) is 9.71. The summed E-state index contributed by atoms with van der Waals surface area (Å²) in [6.07, 6.45) is 0. The fraction of sp³-hybridized carbons (Fsp3) is 0.444. The molecule has 0 saturated carbocycles. The minimum Gasteiger partial charge on any atom is -0.394 e. The first-order chi connectivity index (χ1) is 12.9. The zero-order chi connectivity index (χ0) is 19.6. The third-order valence-corrected chi connectivity index (χ3v) is 4.76. The van der Waals surface area contributed by atoms with E-state index in [-0.39, 0.29) is 24.6 Å². The third-order valence-electron chi connectivity index (χ3n) is 4.24. The van der Waals surface area contributed by atoms with Crippen LogP contribution in [0, 0.1) is 5.92 Å². The lowest BCUT2D eigenvalue weighted by molar-refractivity contribution is 0.248. The second-order valence-corrected chi connectivity index (χ2v) is 7.92. The van der Waals surface area contributed by atoms with Gasteiger partial charge in [-0.2, -0.15) is 9.97 Å². The molecule has 3 aromatic rings. The highest BCUT2D eigenvalue weighted by Gasteiger charge is 2.19. The summed E-state index contributed by atoms with van der Waals surface area (Å²) in [5.74, 6) is 1.22. The maximum absolute atomic E-state index is 9.64. The van der Waals surface area contributed by atoms with Crippen LogP contribution in [0.15, 0.2) is 28.7 Å². The summed E-state index contributed by atoms with van der Waals surface area (Å²) in [6, 6.07) is 7.76. The van der Waals surface area contributed by atoms with Gasteiger partial charge in [-0.1, -0.05) is 35.0 Å². The van der Waals surface area contributed by atoms with Gasteiger partial charge in [0, 0.05) is 10.2 Å². The summed E-state index contributed by atoms with van der Waals surface area (Å²) in [7, 11) is 0. The molecule has 0 radical (unpaired) electrons. The number of aliphatic hydroxyl groups excluding tert-OH is 1. The number of anilines is 3. The second kappa shape index (κ2) is 8.18. The van der Waals surface area contributed by atoms with E-state index in [9.17, 15) is 5.11 Å². The molecule has 3 rings (SSSR count). The van der Waals surface area contributed by atoms with Crippen molar-refractivity contribution in [1.82, 2.24) is 25.0 Å². The van der Waals surface area contributed by atoms with Gasteiger partial charge in [0.1, 0.15) is 0 Å². The maximum Gasteiger partial charge on any atom is 0.227 e. The highest BCUT2D eigenvalue weighted by atomic mass is 79.9. The van der Waals surface area contributed by atoms with E-state index < -0.39 is 0 Å². The fourth-order valence-electron chi connectivity index (χ4n) is 2.59. The maximum atomic E-state index is 9.64. The number of aromatic nitrogens is 5. The predicted molar refractivity (Wildman–Crippen MR) is 110 cm³/mol. The first kappa shape index (κ1) is 19.5. The van der Waals surface area contributed by atoms with Crippen molar-refractivity contribution in [2.45, 2.75) is 39.8 Å². The Kier molecular flexibility index (Phi) is 5.91. The lowest BCUT2D eigenvalue weighted by atomic mass is 10.1. The van der Waals surface area contributed by atoms with Gasteiger partial charge in [0.2, 0.25) is 5.95 Å². The molecule has 0 bridgehead atoms. The molecule has 1 atom stereocenters. The number of aliphatic hydroxyl groups is 1. The Hall–Kier alpha value is -2.26. The average Bonchev–Trinajstić information content (AvgIpc) is 3.05. The van der Waals surface area contributed by atoms with Crippen LogP contribution in [-0.2, 0) is 0 Å². The van der Waals surface area contributed by atoms with E-state index in [0.29, 0.717) is 22.9 Å². The molecule has 0 aliphatic carbocycles. The van der Waals surface area contributed by atoms with E-state index in [4.69, 9.17) is 0 Å². The number of fused-ring (bicyclic) bond motifs is 1. The number of hydrogen-bond donors (Lipinski definition) is 3. The molecule has 3 N–H and O–H groups in total. The van der Waals surface area contributed by atoms with Gasteiger partial charge in [-0.3, -0.25) is 0 Å². The largest absolute Gasteiger partial charge is 0.394 e. The molecule has 0 amide bonds. The quantitative estimate of drug-likeness (QED) is 0.521. The summed E-state index contributed by atoms with van der Waals surface area (Å²) in [4.78, 5) is 9.19. The molecule has 8 nitrogen and oxygen atoms in total. The normalized spacial score (nSPS) is 12.7. The van der Waals surface area contributed by atoms with E-state index >= 15 is 0 Å². The molecular formula is C18H24BrN7O. The number of nitrogens with one attached hydrogen (secondary N) is 2. The molecule has 0 spiro atoms. The SMILES string of the molecule is CC(C)[C@H](CO)Nc1nc(Nc2ccc(Br)cc2)c2nnn(C(C)C)c2n1. The summed E-state index contributed by atoms with van der Waals surface area (Å²) in [5.41, 5.74) is 2.12. The van der Waals surface area contributed by atoms with Gasteiger partial charge in [0.25, 0.3) is 0 Å². The van der Waals surface area contributed by atoms with Gasteiger partial charge < -0.3 is 15.7 Å². The first-order valence-electron chi connectivity index (χ1n) is 8.92. The number of rotatable bonds is 7. The van der Waals surface area contributed by atoms with Crippen LogP contribution in [-0.4, -0.2) is 42.7 Å². The van der Waals surface area contributed by atoms with Crippen LogP contribution in [0.3, 0.4) is 0 Å². The minimum atomic E-state index is -0.147. The molecule has 27 heavy (non-hydrogen) atoms. The van der Waals surface area contributed by atoms with E-state index in [1.807, 2.05) is 52.0 Å². The zero-order valence-electron chi connectivity index (χ0n) is 15.8. The lowest BCUT2D eigenvalue weighted by Crippen LogP contribution is -2.30. The van der Waals surface area contributed by atoms with Crippen molar-refractivity contribution in [3.05, 3.63) is 28.7 Å². The summed E-state index contributed by atoms with van der Waals surface area (Å²) in [6.45, 7) is 8.11. The monoisotopic (exact) mass is 433 g/mol. The highest BCUT2D eigenvalue weighted by Crippen LogP contribution is 2.26. The molecule has 2 heterocycles. The van der Waals surface area contributed by atoms with Crippen molar-refractivity contribution >= 4 is 44.5 Å². The molecular weight excluding hydrogens is 410 g/mol. The van der Waals surface area contributed by atoms with Gasteiger partial charge in [0.05, 0.1) is 18.7 Å². The van der Waals surface area contributed by atoms with Crippen molar-refractivity contribution in [2.24, 2.45) is 5.92 Å². The van der Waals surface area contributed by atoms with Gasteiger partial charge in [0.15, 0.2) is 17.0 Å². The van der Waals surface area contributed by atoms with Crippen LogP contribution >= 0.6 is 15.9 Å². The summed E-state index contributed by atoms with van der Waals surface area (Å²) in [5, 5.41) is 24.7. The summed E-state index contributed by atoms with van der Waals surface area (Å²) < 4.78 is 2.76. The molecule has 144 valence electrons. The van der Waals surface area contributed by atoms with Crippen molar-refractivity contribution in [3.8, 4) is 0 Å².